The van der Waals surface area contributed by atoms with Crippen molar-refractivity contribution >= 4 is 35.0 Å². The van der Waals surface area contributed by atoms with Crippen LogP contribution in [0.5, 0.6) is 0 Å². The van der Waals surface area contributed by atoms with Crippen LogP contribution in [0.4, 0.5) is 16.3 Å². The van der Waals surface area contributed by atoms with Gasteiger partial charge in [-0.3, -0.25) is 9.69 Å². The van der Waals surface area contributed by atoms with Crippen LogP contribution >= 0.6 is 11.6 Å². The lowest BCUT2D eigenvalue weighted by molar-refractivity contribution is 0.102. The molecular formula is C17H17ClN4O2. The van der Waals surface area contributed by atoms with E-state index < -0.39 is 0 Å². The largest absolute Gasteiger partial charge is 0.325 e. The first kappa shape index (κ1) is 16.3. The van der Waals surface area contributed by atoms with Gasteiger partial charge in [-0.15, -0.1) is 0 Å². The van der Waals surface area contributed by atoms with E-state index in [9.17, 15) is 9.59 Å². The molecule has 2 heterocycles. The Morgan fingerprint density at radius 3 is 2.54 bits per heavy atom. The number of rotatable bonds is 4. The number of carbonyl (C=O) groups excluding carboxylic acids is 2. The summed E-state index contributed by atoms with van der Waals surface area (Å²) in [5.74, 6) is 0.344. The van der Waals surface area contributed by atoms with Crippen LogP contribution in [0.2, 0.25) is 5.02 Å². The molecule has 124 valence electrons. The smallest absolute Gasteiger partial charge is 0.323 e. The Bertz CT molecular complexity index is 746. The maximum atomic E-state index is 12.1. The number of benzene rings is 1. The van der Waals surface area contributed by atoms with Crippen LogP contribution in [0.25, 0.3) is 0 Å². The molecule has 0 radical (unpaired) electrons. The molecule has 3 rings (SSSR count). The lowest BCUT2D eigenvalue weighted by Gasteiger charge is -2.16. The summed E-state index contributed by atoms with van der Waals surface area (Å²) in [6.07, 6.45) is 1.55. The van der Waals surface area contributed by atoms with E-state index in [1.165, 1.54) is 0 Å². The van der Waals surface area contributed by atoms with E-state index >= 15 is 0 Å². The normalized spacial score (nSPS) is 14.2. The zero-order chi connectivity index (χ0) is 17.1. The van der Waals surface area contributed by atoms with Crippen LogP contribution in [0.15, 0.2) is 42.6 Å². The number of nitrogens with one attached hydrogen (secondary N) is 1. The van der Waals surface area contributed by atoms with Crippen molar-refractivity contribution in [1.29, 1.82) is 0 Å². The Morgan fingerprint density at radius 2 is 1.96 bits per heavy atom. The predicted molar refractivity (Wildman–Crippen MR) is 93.6 cm³/mol. The van der Waals surface area contributed by atoms with Gasteiger partial charge in [0.2, 0.25) is 0 Å². The van der Waals surface area contributed by atoms with Gasteiger partial charge in [-0.25, -0.2) is 9.78 Å². The third kappa shape index (κ3) is 3.33. The van der Waals surface area contributed by atoms with E-state index in [0.717, 1.165) is 0 Å². The highest BCUT2D eigenvalue weighted by Crippen LogP contribution is 2.20. The minimum Gasteiger partial charge on any atom is -0.323 e. The summed E-state index contributed by atoms with van der Waals surface area (Å²) in [5, 5.41) is 3.35. The van der Waals surface area contributed by atoms with Gasteiger partial charge in [0.1, 0.15) is 5.82 Å². The Morgan fingerprint density at radius 1 is 1.21 bits per heavy atom. The molecule has 0 bridgehead atoms. The van der Waals surface area contributed by atoms with Crippen molar-refractivity contribution in [3.8, 4) is 0 Å². The van der Waals surface area contributed by atoms with Gasteiger partial charge in [0.25, 0.3) is 5.91 Å². The third-order valence-corrected chi connectivity index (χ3v) is 4.12. The van der Waals surface area contributed by atoms with Gasteiger partial charge in [-0.1, -0.05) is 11.6 Å². The van der Waals surface area contributed by atoms with Crippen molar-refractivity contribution in [3.63, 3.8) is 0 Å². The molecule has 0 saturated carbocycles. The number of likely N-dealkylation sites (N-methyl/N-ethyl adjacent to an activating group) is 1. The lowest BCUT2D eigenvalue weighted by atomic mass is 10.2. The first-order valence-corrected chi connectivity index (χ1v) is 8.05. The van der Waals surface area contributed by atoms with E-state index in [4.69, 9.17) is 11.6 Å². The zero-order valence-corrected chi connectivity index (χ0v) is 14.0. The van der Waals surface area contributed by atoms with E-state index in [1.54, 1.807) is 52.4 Å². The number of pyridine rings is 1. The van der Waals surface area contributed by atoms with Crippen LogP contribution < -0.4 is 10.2 Å². The summed E-state index contributed by atoms with van der Waals surface area (Å²) in [7, 11) is 0. The van der Waals surface area contributed by atoms with Gasteiger partial charge in [0, 0.05) is 30.2 Å². The topological polar surface area (TPSA) is 65.5 Å². The minimum absolute atomic E-state index is 0.0389. The quantitative estimate of drug-likeness (QED) is 0.925. The van der Waals surface area contributed by atoms with Gasteiger partial charge in [0.05, 0.1) is 11.9 Å². The first-order chi connectivity index (χ1) is 11.6. The highest BCUT2D eigenvalue weighted by Gasteiger charge is 2.28. The second kappa shape index (κ2) is 6.88. The summed E-state index contributed by atoms with van der Waals surface area (Å²) in [5.41, 5.74) is 1.08. The fraction of sp³-hybridized carbons (Fsp3) is 0.235. The van der Waals surface area contributed by atoms with Crippen molar-refractivity contribution in [1.82, 2.24) is 9.88 Å². The van der Waals surface area contributed by atoms with Crippen LogP contribution in [0, 0.1) is 0 Å². The van der Waals surface area contributed by atoms with Gasteiger partial charge >= 0.3 is 6.03 Å². The second-order valence-electron chi connectivity index (χ2n) is 5.38. The molecule has 0 unspecified atom stereocenters. The number of aromatic nitrogens is 1. The average molecular weight is 345 g/mol. The van der Waals surface area contributed by atoms with Crippen LogP contribution in [-0.4, -0.2) is 41.5 Å². The molecule has 3 amide bonds. The summed E-state index contributed by atoms with van der Waals surface area (Å²) in [6, 6.07) is 10.1. The highest BCUT2D eigenvalue weighted by atomic mass is 35.5. The summed E-state index contributed by atoms with van der Waals surface area (Å²) >= 11 is 5.81. The number of halogens is 1. The molecule has 6 nitrogen and oxygen atoms in total. The highest BCUT2D eigenvalue weighted by molar-refractivity contribution is 6.30. The maximum absolute atomic E-state index is 12.1. The van der Waals surface area contributed by atoms with Gasteiger partial charge in [-0.2, -0.15) is 0 Å². The zero-order valence-electron chi connectivity index (χ0n) is 13.2. The Hall–Kier alpha value is -2.60. The summed E-state index contributed by atoms with van der Waals surface area (Å²) < 4.78 is 0. The number of anilines is 2. The van der Waals surface area contributed by atoms with E-state index in [2.05, 4.69) is 10.3 Å². The van der Waals surface area contributed by atoms with Crippen LogP contribution in [0.1, 0.15) is 17.3 Å². The molecule has 24 heavy (non-hydrogen) atoms. The molecule has 1 aliphatic rings. The molecule has 0 atom stereocenters. The molecule has 1 aromatic carbocycles. The van der Waals surface area contributed by atoms with E-state index in [1.807, 2.05) is 6.92 Å². The standard InChI is InChI=1S/C17H17ClN4O2/c1-2-21-9-10-22(17(21)24)15-8-7-14(11-19-15)20-16(23)12-3-5-13(18)6-4-12/h3-8,11H,2,9-10H2,1H3,(H,20,23). The van der Waals surface area contributed by atoms with Crippen molar-refractivity contribution < 1.29 is 9.59 Å². The van der Waals surface area contributed by atoms with Crippen molar-refractivity contribution in [2.24, 2.45) is 0 Å². The predicted octanol–water partition coefficient (Wildman–Crippen LogP) is 3.25. The third-order valence-electron chi connectivity index (χ3n) is 3.87. The van der Waals surface area contributed by atoms with Crippen LogP contribution in [0.3, 0.4) is 0 Å². The number of carbonyl (C=O) groups is 2. The fourth-order valence-electron chi connectivity index (χ4n) is 2.51. The molecule has 1 aliphatic heterocycles. The van der Waals surface area contributed by atoms with Crippen LogP contribution in [-0.2, 0) is 0 Å². The Balaban J connectivity index is 1.68. The monoisotopic (exact) mass is 344 g/mol. The van der Waals surface area contributed by atoms with E-state index in [0.29, 0.717) is 41.7 Å². The van der Waals surface area contributed by atoms with Gasteiger partial charge in [0.15, 0.2) is 0 Å². The van der Waals surface area contributed by atoms with Gasteiger partial charge < -0.3 is 10.2 Å². The second-order valence-corrected chi connectivity index (χ2v) is 5.82. The minimum atomic E-state index is -0.240. The van der Waals surface area contributed by atoms with E-state index in [-0.39, 0.29) is 11.9 Å². The average Bonchev–Trinajstić information content (AvgIpc) is 2.97. The van der Waals surface area contributed by atoms with Gasteiger partial charge in [-0.05, 0) is 43.3 Å². The molecule has 1 aromatic heterocycles. The maximum Gasteiger partial charge on any atom is 0.325 e. The number of hydrogen-bond acceptors (Lipinski definition) is 3. The molecule has 1 fully saturated rings. The number of urea groups is 1. The lowest BCUT2D eigenvalue weighted by Crippen LogP contribution is -2.32. The molecule has 1 saturated heterocycles. The fourth-order valence-corrected chi connectivity index (χ4v) is 2.64. The molecular weight excluding hydrogens is 328 g/mol. The summed E-state index contributed by atoms with van der Waals surface area (Å²) in [4.78, 5) is 32.0. The number of amides is 3. The molecule has 7 heteroatoms. The molecule has 2 aromatic rings. The summed E-state index contributed by atoms with van der Waals surface area (Å²) in [6.45, 7) is 3.96. The number of hydrogen-bond donors (Lipinski definition) is 1. The molecule has 0 aliphatic carbocycles. The van der Waals surface area contributed by atoms with Crippen molar-refractivity contribution in [2.75, 3.05) is 29.9 Å². The Kier molecular flexibility index (Phi) is 4.66. The SMILES string of the molecule is CCN1CCN(c2ccc(NC(=O)c3ccc(Cl)cc3)cn2)C1=O. The Labute approximate surface area is 145 Å². The van der Waals surface area contributed by atoms with Crippen molar-refractivity contribution in [3.05, 3.63) is 53.2 Å². The molecule has 1 N–H and O–H groups in total. The molecule has 0 spiro atoms. The number of nitrogens with zero attached hydrogens (tertiary/aromatic N) is 3. The van der Waals surface area contributed by atoms with Crippen molar-refractivity contribution in [2.45, 2.75) is 6.92 Å². The first-order valence-electron chi connectivity index (χ1n) is 7.68.